The molecule has 4 aromatic heterocycles. The predicted octanol–water partition coefficient (Wildman–Crippen LogP) is 4.63. The number of thiophene rings is 2. The fraction of sp³-hybridized carbons (Fsp3) is 0.227. The number of aryl methyl sites for hydroxylation is 2. The van der Waals surface area contributed by atoms with Gasteiger partial charge in [-0.25, -0.2) is 9.78 Å². The first-order valence-electron chi connectivity index (χ1n) is 9.49. The van der Waals surface area contributed by atoms with Crippen molar-refractivity contribution in [1.82, 2.24) is 14.9 Å². The Morgan fingerprint density at radius 3 is 2.70 bits per heavy atom. The van der Waals surface area contributed by atoms with Crippen molar-refractivity contribution in [1.29, 1.82) is 0 Å². The van der Waals surface area contributed by atoms with Gasteiger partial charge < -0.3 is 14.6 Å². The van der Waals surface area contributed by atoms with Crippen LogP contribution in [0.5, 0.6) is 0 Å². The Balaban J connectivity index is 1.60. The number of esters is 1. The van der Waals surface area contributed by atoms with Crippen LogP contribution >= 0.6 is 22.7 Å². The van der Waals surface area contributed by atoms with E-state index in [9.17, 15) is 9.59 Å². The third kappa shape index (κ3) is 4.01. The first-order chi connectivity index (χ1) is 14.4. The summed E-state index contributed by atoms with van der Waals surface area (Å²) in [6, 6.07) is 9.67. The van der Waals surface area contributed by atoms with Crippen molar-refractivity contribution in [3.8, 4) is 5.69 Å². The number of nitrogens with one attached hydrogen (secondary N) is 1. The van der Waals surface area contributed by atoms with Crippen LogP contribution in [0, 0.1) is 13.8 Å². The molecule has 0 bridgehead atoms. The fourth-order valence-corrected chi connectivity index (χ4v) is 5.11. The third-order valence-electron chi connectivity index (χ3n) is 4.68. The number of fused-ring (bicyclic) bond motifs is 1. The van der Waals surface area contributed by atoms with Crippen LogP contribution in [0.3, 0.4) is 0 Å². The zero-order valence-electron chi connectivity index (χ0n) is 16.8. The van der Waals surface area contributed by atoms with E-state index in [1.54, 1.807) is 18.3 Å². The lowest BCUT2D eigenvalue weighted by Crippen LogP contribution is -2.35. The number of carbonyl (C=O) groups excluding carboxylic acids is 2. The van der Waals surface area contributed by atoms with E-state index >= 15 is 0 Å². The molecule has 0 fully saturated rings. The highest BCUT2D eigenvalue weighted by Crippen LogP contribution is 2.36. The highest BCUT2D eigenvalue weighted by molar-refractivity contribution is 7.21. The number of ether oxygens (including phenoxy) is 1. The van der Waals surface area contributed by atoms with Crippen LogP contribution in [-0.4, -0.2) is 27.5 Å². The fourth-order valence-electron chi connectivity index (χ4n) is 3.29. The van der Waals surface area contributed by atoms with E-state index in [1.165, 1.54) is 11.3 Å². The highest BCUT2D eigenvalue weighted by Gasteiger charge is 2.26. The molecule has 30 heavy (non-hydrogen) atoms. The van der Waals surface area contributed by atoms with Gasteiger partial charge in [0.2, 0.25) is 0 Å². The van der Waals surface area contributed by atoms with Crippen LogP contribution in [0.4, 0.5) is 0 Å². The molecule has 1 amide bonds. The number of pyridine rings is 1. The molecular formula is C22H21N3O3S2. The molecule has 4 heterocycles. The topological polar surface area (TPSA) is 73.2 Å². The molecule has 0 aromatic carbocycles. The summed E-state index contributed by atoms with van der Waals surface area (Å²) in [7, 11) is 0. The summed E-state index contributed by atoms with van der Waals surface area (Å²) in [5.74, 6) is -0.858. The van der Waals surface area contributed by atoms with Crippen LogP contribution in [-0.2, 0) is 16.1 Å². The quantitative estimate of drug-likeness (QED) is 0.445. The Hall–Kier alpha value is -2.97. The molecule has 1 N–H and O–H groups in total. The Labute approximate surface area is 182 Å². The summed E-state index contributed by atoms with van der Waals surface area (Å²) in [6.07, 6.45) is 2.86. The minimum atomic E-state index is -0.907. The number of hydrogen-bond acceptors (Lipinski definition) is 6. The summed E-state index contributed by atoms with van der Waals surface area (Å²) in [4.78, 5) is 32.3. The zero-order valence-corrected chi connectivity index (χ0v) is 18.5. The Bertz CT molecular complexity index is 1190. The molecule has 1 atom stereocenters. The SMILES string of the molecule is Cc1cc(C)c2c(-n3cccc3)c(C(=O)OC(C)C(=O)NCc3cccs3)sc2n1. The van der Waals surface area contributed by atoms with Gasteiger partial charge in [-0.3, -0.25) is 4.79 Å². The monoisotopic (exact) mass is 439 g/mol. The van der Waals surface area contributed by atoms with E-state index in [2.05, 4.69) is 10.3 Å². The second-order valence-corrected chi connectivity index (χ2v) is 9.01. The summed E-state index contributed by atoms with van der Waals surface area (Å²) in [5.41, 5.74) is 2.67. The van der Waals surface area contributed by atoms with Crippen molar-refractivity contribution in [2.45, 2.75) is 33.4 Å². The van der Waals surface area contributed by atoms with E-state index in [4.69, 9.17) is 4.74 Å². The number of hydrogen-bond donors (Lipinski definition) is 1. The summed E-state index contributed by atoms with van der Waals surface area (Å²) < 4.78 is 7.42. The first kappa shape index (κ1) is 20.3. The van der Waals surface area contributed by atoms with E-state index in [0.717, 1.165) is 32.0 Å². The number of carbonyl (C=O) groups is 2. The predicted molar refractivity (Wildman–Crippen MR) is 119 cm³/mol. The lowest BCUT2D eigenvalue weighted by Gasteiger charge is -2.13. The largest absolute Gasteiger partial charge is 0.448 e. The molecule has 0 aliphatic carbocycles. The molecule has 0 spiro atoms. The average molecular weight is 440 g/mol. The third-order valence-corrected chi connectivity index (χ3v) is 6.61. The maximum absolute atomic E-state index is 13.0. The van der Waals surface area contributed by atoms with E-state index in [0.29, 0.717) is 11.4 Å². The van der Waals surface area contributed by atoms with Crippen LogP contribution in [0.25, 0.3) is 15.9 Å². The number of amides is 1. The van der Waals surface area contributed by atoms with E-state index in [1.807, 2.05) is 66.5 Å². The molecular weight excluding hydrogens is 418 g/mol. The normalized spacial score (nSPS) is 12.1. The number of nitrogens with zero attached hydrogens (tertiary/aromatic N) is 2. The Morgan fingerprint density at radius 2 is 2.00 bits per heavy atom. The summed E-state index contributed by atoms with van der Waals surface area (Å²) >= 11 is 2.85. The molecule has 0 saturated heterocycles. The molecule has 4 rings (SSSR count). The second-order valence-electron chi connectivity index (χ2n) is 6.98. The second kappa shape index (κ2) is 8.41. The lowest BCUT2D eigenvalue weighted by atomic mass is 10.1. The molecule has 8 heteroatoms. The lowest BCUT2D eigenvalue weighted by molar-refractivity contribution is -0.129. The molecule has 6 nitrogen and oxygen atoms in total. The maximum Gasteiger partial charge on any atom is 0.351 e. The highest BCUT2D eigenvalue weighted by atomic mass is 32.1. The van der Waals surface area contributed by atoms with Gasteiger partial charge in [0.05, 0.1) is 12.2 Å². The van der Waals surface area contributed by atoms with Gasteiger partial charge in [-0.1, -0.05) is 6.07 Å². The van der Waals surface area contributed by atoms with Crippen LogP contribution in [0.1, 0.15) is 32.7 Å². The molecule has 1 unspecified atom stereocenters. The van der Waals surface area contributed by atoms with Gasteiger partial charge in [0.15, 0.2) is 6.10 Å². The van der Waals surface area contributed by atoms with Crippen LogP contribution < -0.4 is 5.32 Å². The van der Waals surface area contributed by atoms with Crippen molar-refractivity contribution >= 4 is 44.8 Å². The number of rotatable bonds is 6. The zero-order chi connectivity index (χ0) is 21.3. The Morgan fingerprint density at radius 1 is 1.23 bits per heavy atom. The van der Waals surface area contributed by atoms with Gasteiger partial charge in [0.25, 0.3) is 5.91 Å². The van der Waals surface area contributed by atoms with Crippen LogP contribution in [0.15, 0.2) is 48.1 Å². The van der Waals surface area contributed by atoms with Gasteiger partial charge in [0.1, 0.15) is 9.71 Å². The Kier molecular flexibility index (Phi) is 5.69. The maximum atomic E-state index is 13.0. The van der Waals surface area contributed by atoms with Crippen molar-refractivity contribution in [2.75, 3.05) is 0 Å². The van der Waals surface area contributed by atoms with E-state index < -0.39 is 12.1 Å². The average Bonchev–Trinajstić information content (AvgIpc) is 3.45. The summed E-state index contributed by atoms with van der Waals surface area (Å²) in [5, 5.41) is 5.68. The van der Waals surface area contributed by atoms with Gasteiger partial charge in [-0.15, -0.1) is 22.7 Å². The minimum absolute atomic E-state index is 0.328. The standard InChI is InChI=1S/C22H21N3O3S2/c1-13-11-14(2)24-21-17(13)18(25-8-4-5-9-25)19(30-21)22(27)28-15(3)20(26)23-12-16-7-6-10-29-16/h4-11,15H,12H2,1-3H3,(H,23,26). The molecule has 0 saturated carbocycles. The molecule has 154 valence electrons. The van der Waals surface area contributed by atoms with Crippen molar-refractivity contribution in [3.63, 3.8) is 0 Å². The molecule has 0 aliphatic rings. The first-order valence-corrected chi connectivity index (χ1v) is 11.2. The smallest absolute Gasteiger partial charge is 0.351 e. The van der Waals surface area contributed by atoms with Crippen molar-refractivity contribution in [2.24, 2.45) is 0 Å². The molecule has 0 radical (unpaired) electrons. The van der Waals surface area contributed by atoms with Gasteiger partial charge >= 0.3 is 5.97 Å². The minimum Gasteiger partial charge on any atom is -0.448 e. The van der Waals surface area contributed by atoms with E-state index in [-0.39, 0.29) is 5.91 Å². The molecule has 4 aromatic rings. The van der Waals surface area contributed by atoms with Gasteiger partial charge in [-0.05, 0) is 56.0 Å². The summed E-state index contributed by atoms with van der Waals surface area (Å²) in [6.45, 7) is 5.93. The van der Waals surface area contributed by atoms with Gasteiger partial charge in [0, 0.05) is 28.4 Å². The van der Waals surface area contributed by atoms with Gasteiger partial charge in [-0.2, -0.15) is 0 Å². The van der Waals surface area contributed by atoms with Crippen LogP contribution in [0.2, 0.25) is 0 Å². The number of aromatic nitrogens is 2. The molecule has 0 aliphatic heterocycles. The van der Waals surface area contributed by atoms with Crippen molar-refractivity contribution < 1.29 is 14.3 Å². The van der Waals surface area contributed by atoms with Crippen molar-refractivity contribution in [3.05, 3.63) is 69.1 Å².